The minimum Gasteiger partial charge on any atom is -0.452 e. The molecule has 0 bridgehead atoms. The molecule has 0 atom stereocenters. The largest absolute Gasteiger partial charge is 0.452 e. The molecule has 1 amide bonds. The van der Waals surface area contributed by atoms with E-state index in [-0.39, 0.29) is 17.1 Å². The van der Waals surface area contributed by atoms with Crippen LogP contribution in [-0.2, 0) is 19.6 Å². The number of carbonyl (C=O) groups is 2. The predicted molar refractivity (Wildman–Crippen MR) is 80.9 cm³/mol. The van der Waals surface area contributed by atoms with Gasteiger partial charge in [-0.15, -0.1) is 0 Å². The number of nitrogens with one attached hydrogen (secondary N) is 1. The third-order valence-electron chi connectivity index (χ3n) is 3.05. The summed E-state index contributed by atoms with van der Waals surface area (Å²) in [5.41, 5.74) is 0.183. The summed E-state index contributed by atoms with van der Waals surface area (Å²) in [6.45, 7) is 3.87. The van der Waals surface area contributed by atoms with Crippen molar-refractivity contribution < 1.29 is 22.7 Å². The van der Waals surface area contributed by atoms with E-state index in [1.165, 1.54) is 35.6 Å². The molecule has 1 N–H and O–H groups in total. The summed E-state index contributed by atoms with van der Waals surface area (Å²) in [7, 11) is -2.12. The van der Waals surface area contributed by atoms with E-state index in [9.17, 15) is 18.0 Å². The minimum atomic E-state index is -3.56. The van der Waals surface area contributed by atoms with Crippen molar-refractivity contribution in [3.63, 3.8) is 0 Å². The first-order valence-corrected chi connectivity index (χ1v) is 8.28. The van der Waals surface area contributed by atoms with Crippen molar-refractivity contribution in [3.05, 3.63) is 29.8 Å². The molecule has 0 aliphatic carbocycles. The van der Waals surface area contributed by atoms with E-state index in [0.29, 0.717) is 13.1 Å². The molecule has 122 valence electrons. The Bertz CT molecular complexity index is 621. The Morgan fingerprint density at radius 3 is 2.14 bits per heavy atom. The normalized spacial score (nSPS) is 11.3. The van der Waals surface area contributed by atoms with Gasteiger partial charge in [-0.3, -0.25) is 4.79 Å². The van der Waals surface area contributed by atoms with E-state index in [2.05, 4.69) is 5.32 Å². The number of likely N-dealkylation sites (N-methyl/N-ethyl adjacent to an activating group) is 1. The van der Waals surface area contributed by atoms with E-state index in [1.807, 2.05) is 0 Å². The molecule has 0 aliphatic heterocycles. The molecule has 0 saturated carbocycles. The number of hydrogen-bond acceptors (Lipinski definition) is 5. The van der Waals surface area contributed by atoms with Crippen molar-refractivity contribution in [1.82, 2.24) is 9.62 Å². The average Bonchev–Trinajstić information content (AvgIpc) is 2.53. The van der Waals surface area contributed by atoms with Crippen LogP contribution in [0, 0.1) is 0 Å². The fraction of sp³-hybridized carbons (Fsp3) is 0.429. The highest BCUT2D eigenvalue weighted by molar-refractivity contribution is 7.89. The summed E-state index contributed by atoms with van der Waals surface area (Å²) in [6, 6.07) is 5.43. The monoisotopic (exact) mass is 328 g/mol. The van der Waals surface area contributed by atoms with Gasteiger partial charge in [0.05, 0.1) is 10.5 Å². The Balaban J connectivity index is 2.87. The summed E-state index contributed by atoms with van der Waals surface area (Å²) in [5.74, 6) is -1.11. The summed E-state index contributed by atoms with van der Waals surface area (Å²) in [4.78, 5) is 22.8. The van der Waals surface area contributed by atoms with Gasteiger partial charge < -0.3 is 10.1 Å². The molecular formula is C14H20N2O5S. The third-order valence-corrected chi connectivity index (χ3v) is 5.11. The smallest absolute Gasteiger partial charge is 0.338 e. The molecule has 22 heavy (non-hydrogen) atoms. The average molecular weight is 328 g/mol. The van der Waals surface area contributed by atoms with Gasteiger partial charge in [0.15, 0.2) is 6.61 Å². The highest BCUT2D eigenvalue weighted by Gasteiger charge is 2.21. The van der Waals surface area contributed by atoms with E-state index in [1.54, 1.807) is 13.8 Å². The summed E-state index contributed by atoms with van der Waals surface area (Å²) >= 11 is 0. The lowest BCUT2D eigenvalue weighted by Gasteiger charge is -2.18. The zero-order chi connectivity index (χ0) is 16.8. The maximum atomic E-state index is 12.3. The summed E-state index contributed by atoms with van der Waals surface area (Å²) < 4.78 is 30.7. The third kappa shape index (κ3) is 4.28. The molecule has 1 aromatic carbocycles. The molecule has 0 spiro atoms. The van der Waals surface area contributed by atoms with Gasteiger partial charge in [0.1, 0.15) is 0 Å². The number of ether oxygens (including phenoxy) is 1. The number of hydrogen-bond donors (Lipinski definition) is 1. The minimum absolute atomic E-state index is 0.110. The van der Waals surface area contributed by atoms with Crippen LogP contribution in [0.2, 0.25) is 0 Å². The van der Waals surface area contributed by atoms with Crippen LogP contribution >= 0.6 is 0 Å². The van der Waals surface area contributed by atoms with Crippen LogP contribution in [0.15, 0.2) is 29.2 Å². The topological polar surface area (TPSA) is 92.8 Å². The van der Waals surface area contributed by atoms with Crippen molar-refractivity contribution in [2.24, 2.45) is 0 Å². The Morgan fingerprint density at radius 2 is 1.68 bits per heavy atom. The molecule has 0 radical (unpaired) electrons. The first-order chi connectivity index (χ1) is 10.4. The van der Waals surface area contributed by atoms with Gasteiger partial charge in [0.25, 0.3) is 5.91 Å². The molecule has 0 saturated heterocycles. The molecule has 7 nitrogen and oxygen atoms in total. The number of benzene rings is 1. The number of carbonyl (C=O) groups excluding carboxylic acids is 2. The van der Waals surface area contributed by atoms with E-state index >= 15 is 0 Å². The van der Waals surface area contributed by atoms with Gasteiger partial charge in [-0.05, 0) is 24.3 Å². The Kier molecular flexibility index (Phi) is 6.51. The van der Waals surface area contributed by atoms with Crippen LogP contribution in [0.1, 0.15) is 24.2 Å². The molecule has 0 aromatic heterocycles. The van der Waals surface area contributed by atoms with Crippen LogP contribution < -0.4 is 5.32 Å². The Hall–Kier alpha value is -1.93. The van der Waals surface area contributed by atoms with Crippen LogP contribution in [-0.4, -0.2) is 51.3 Å². The maximum absolute atomic E-state index is 12.3. The Morgan fingerprint density at radius 1 is 1.14 bits per heavy atom. The van der Waals surface area contributed by atoms with Gasteiger partial charge in [-0.25, -0.2) is 13.2 Å². The van der Waals surface area contributed by atoms with Gasteiger partial charge in [-0.1, -0.05) is 13.8 Å². The molecule has 0 fully saturated rings. The standard InChI is InChI=1S/C14H20N2O5S/c1-4-16(5-2)22(19,20)12-8-6-11(7-9-12)14(18)21-10-13(17)15-3/h6-9H,4-5,10H2,1-3H3,(H,15,17). The molecule has 8 heteroatoms. The summed E-state index contributed by atoms with van der Waals surface area (Å²) in [5, 5.41) is 2.33. The fourth-order valence-electron chi connectivity index (χ4n) is 1.76. The number of rotatable bonds is 7. The molecular weight excluding hydrogens is 308 g/mol. The molecule has 0 unspecified atom stereocenters. The van der Waals surface area contributed by atoms with Crippen molar-refractivity contribution in [2.45, 2.75) is 18.7 Å². The van der Waals surface area contributed by atoms with E-state index in [4.69, 9.17) is 4.74 Å². The molecule has 0 heterocycles. The van der Waals surface area contributed by atoms with Gasteiger partial charge in [0, 0.05) is 20.1 Å². The lowest BCUT2D eigenvalue weighted by atomic mass is 10.2. The molecule has 1 aromatic rings. The lowest BCUT2D eigenvalue weighted by Crippen LogP contribution is -2.30. The Labute approximate surface area is 130 Å². The zero-order valence-corrected chi connectivity index (χ0v) is 13.6. The van der Waals surface area contributed by atoms with Crippen LogP contribution in [0.3, 0.4) is 0 Å². The van der Waals surface area contributed by atoms with Crippen molar-refractivity contribution in [2.75, 3.05) is 26.7 Å². The molecule has 1 rings (SSSR count). The SMILES string of the molecule is CCN(CC)S(=O)(=O)c1ccc(C(=O)OCC(=O)NC)cc1. The predicted octanol–water partition coefficient (Wildman–Crippen LogP) is 0.620. The second kappa shape index (κ2) is 7.90. The van der Waals surface area contributed by atoms with Crippen LogP contribution in [0.25, 0.3) is 0 Å². The van der Waals surface area contributed by atoms with Crippen molar-refractivity contribution in [3.8, 4) is 0 Å². The van der Waals surface area contributed by atoms with Crippen LogP contribution in [0.5, 0.6) is 0 Å². The van der Waals surface area contributed by atoms with Crippen LogP contribution in [0.4, 0.5) is 0 Å². The van der Waals surface area contributed by atoms with Gasteiger partial charge in [0.2, 0.25) is 10.0 Å². The number of nitrogens with zero attached hydrogens (tertiary/aromatic N) is 1. The first-order valence-electron chi connectivity index (χ1n) is 6.84. The molecule has 0 aliphatic rings. The van der Waals surface area contributed by atoms with E-state index in [0.717, 1.165) is 0 Å². The van der Waals surface area contributed by atoms with Gasteiger partial charge in [-0.2, -0.15) is 4.31 Å². The number of amides is 1. The first kappa shape index (κ1) is 18.1. The highest BCUT2D eigenvalue weighted by Crippen LogP contribution is 2.16. The van der Waals surface area contributed by atoms with Crippen molar-refractivity contribution >= 4 is 21.9 Å². The zero-order valence-electron chi connectivity index (χ0n) is 12.8. The van der Waals surface area contributed by atoms with Gasteiger partial charge >= 0.3 is 5.97 Å². The lowest BCUT2D eigenvalue weighted by molar-refractivity contribution is -0.123. The summed E-state index contributed by atoms with van der Waals surface area (Å²) in [6.07, 6.45) is 0. The van der Waals surface area contributed by atoms with Crippen molar-refractivity contribution in [1.29, 1.82) is 0 Å². The number of sulfonamides is 1. The highest BCUT2D eigenvalue weighted by atomic mass is 32.2. The number of esters is 1. The maximum Gasteiger partial charge on any atom is 0.338 e. The second-order valence-electron chi connectivity index (χ2n) is 4.36. The second-order valence-corrected chi connectivity index (χ2v) is 6.30. The van der Waals surface area contributed by atoms with E-state index < -0.39 is 21.9 Å². The quantitative estimate of drug-likeness (QED) is 0.741. The fourth-order valence-corrected chi connectivity index (χ4v) is 3.22.